The Morgan fingerprint density at radius 3 is 1.20 bits per heavy atom. The van der Waals surface area contributed by atoms with Crippen LogP contribution in [0.1, 0.15) is 296 Å². The molecule has 0 aliphatic carbocycles. The van der Waals surface area contributed by atoms with Gasteiger partial charge in [0.25, 0.3) is 0 Å². The number of carbonyl (C=O) groups excluding carboxylic acids is 2. The van der Waals surface area contributed by atoms with Crippen LogP contribution in [-0.2, 0) is 14.3 Å². The van der Waals surface area contributed by atoms with Crippen molar-refractivity contribution in [1.82, 2.24) is 5.32 Å². The van der Waals surface area contributed by atoms with Crippen LogP contribution in [0.5, 0.6) is 0 Å². The normalized spacial score (nSPS) is 12.7. The van der Waals surface area contributed by atoms with Crippen molar-refractivity contribution in [2.75, 3.05) is 13.2 Å². The van der Waals surface area contributed by atoms with Gasteiger partial charge in [-0.05, 0) is 51.4 Å². The molecule has 0 heterocycles. The van der Waals surface area contributed by atoms with Crippen LogP contribution >= 0.6 is 0 Å². The number of hydrogen-bond acceptors (Lipinski definition) is 5. The van der Waals surface area contributed by atoms with E-state index in [1.165, 1.54) is 205 Å². The van der Waals surface area contributed by atoms with Crippen molar-refractivity contribution in [2.45, 2.75) is 309 Å². The summed E-state index contributed by atoms with van der Waals surface area (Å²) in [4.78, 5) is 24.5. The Balaban J connectivity index is 3.46. The molecule has 0 saturated heterocycles. The first-order chi connectivity index (χ1) is 29.5. The molecule has 1 amide bonds. The van der Waals surface area contributed by atoms with Gasteiger partial charge in [-0.15, -0.1) is 0 Å². The number of aliphatic hydroxyl groups is 2. The molecule has 0 rings (SSSR count). The summed E-state index contributed by atoms with van der Waals surface area (Å²) in [5.41, 5.74) is 0. The third-order valence-corrected chi connectivity index (χ3v) is 12.6. The van der Waals surface area contributed by atoms with Gasteiger partial charge in [0, 0.05) is 12.8 Å². The minimum Gasteiger partial charge on any atom is -0.466 e. The fourth-order valence-electron chi connectivity index (χ4n) is 8.40. The van der Waals surface area contributed by atoms with Crippen molar-refractivity contribution >= 4 is 11.9 Å². The van der Waals surface area contributed by atoms with E-state index in [0.29, 0.717) is 25.9 Å². The summed E-state index contributed by atoms with van der Waals surface area (Å²) < 4.78 is 5.45. The average molecular weight is 848 g/mol. The van der Waals surface area contributed by atoms with Gasteiger partial charge in [0.1, 0.15) is 0 Å². The predicted molar refractivity (Wildman–Crippen MR) is 260 cm³/mol. The van der Waals surface area contributed by atoms with E-state index in [4.69, 9.17) is 4.74 Å². The predicted octanol–water partition coefficient (Wildman–Crippen LogP) is 16.1. The first-order valence-corrected chi connectivity index (χ1v) is 26.9. The molecule has 0 saturated carbocycles. The van der Waals surface area contributed by atoms with E-state index in [2.05, 4.69) is 31.3 Å². The number of hydrogen-bond donors (Lipinski definition) is 3. The van der Waals surface area contributed by atoms with Crippen LogP contribution in [0.3, 0.4) is 0 Å². The average Bonchev–Trinajstić information content (AvgIpc) is 3.25. The van der Waals surface area contributed by atoms with Crippen LogP contribution in [0.15, 0.2) is 12.2 Å². The number of aliphatic hydroxyl groups excluding tert-OH is 2. The number of esters is 1. The zero-order valence-corrected chi connectivity index (χ0v) is 40.5. The maximum Gasteiger partial charge on any atom is 0.305 e. The second-order valence-electron chi connectivity index (χ2n) is 18.6. The van der Waals surface area contributed by atoms with Gasteiger partial charge in [-0.1, -0.05) is 244 Å². The van der Waals surface area contributed by atoms with E-state index in [9.17, 15) is 19.8 Å². The van der Waals surface area contributed by atoms with Crippen molar-refractivity contribution in [3.8, 4) is 0 Å². The minimum atomic E-state index is -0.674. The number of carbonyl (C=O) groups is 2. The number of allylic oxidation sites excluding steroid dienone is 2. The molecule has 3 N–H and O–H groups in total. The first kappa shape index (κ1) is 58.6. The number of rotatable bonds is 50. The van der Waals surface area contributed by atoms with Gasteiger partial charge in [-0.3, -0.25) is 9.59 Å². The van der Waals surface area contributed by atoms with Crippen LogP contribution in [-0.4, -0.2) is 47.4 Å². The Morgan fingerprint density at radius 2 is 0.783 bits per heavy atom. The lowest BCUT2D eigenvalue weighted by atomic mass is 10.0. The molecule has 0 aliphatic heterocycles. The van der Waals surface area contributed by atoms with Crippen LogP contribution in [0.25, 0.3) is 0 Å². The molecule has 0 aromatic rings. The van der Waals surface area contributed by atoms with Gasteiger partial charge in [-0.25, -0.2) is 0 Å². The standard InChI is InChI=1S/C54H105NO5/c1-3-5-7-9-11-13-15-17-18-19-20-21-23-26-30-34-38-42-46-52(57)51(50-56)55-53(58)47-43-39-35-31-27-24-25-29-33-37-41-45-49-60-54(59)48-44-40-36-32-28-22-16-14-12-10-8-6-4-2/h14,16,51-52,56-57H,3-13,15,17-50H2,1-2H3,(H,55,58)/b16-14-. The van der Waals surface area contributed by atoms with Crippen LogP contribution in [0.2, 0.25) is 0 Å². The molecule has 60 heavy (non-hydrogen) atoms. The Bertz CT molecular complexity index is 893. The molecule has 6 heteroatoms. The summed E-state index contributed by atoms with van der Waals surface area (Å²) in [7, 11) is 0. The van der Waals surface area contributed by atoms with Gasteiger partial charge < -0.3 is 20.3 Å². The molecule has 0 aliphatic rings. The maximum atomic E-state index is 12.5. The second kappa shape index (κ2) is 50.2. The lowest BCUT2D eigenvalue weighted by molar-refractivity contribution is -0.143. The first-order valence-electron chi connectivity index (χ1n) is 26.9. The quantitative estimate of drug-likeness (QED) is 0.0322. The van der Waals surface area contributed by atoms with E-state index in [1.54, 1.807) is 0 Å². The highest BCUT2D eigenvalue weighted by Gasteiger charge is 2.20. The molecule has 2 atom stereocenters. The Labute approximate surface area is 374 Å². The molecular weight excluding hydrogens is 743 g/mol. The fraction of sp³-hybridized carbons (Fsp3) is 0.926. The summed E-state index contributed by atoms with van der Waals surface area (Å²) in [6.45, 7) is 4.91. The lowest BCUT2D eigenvalue weighted by Gasteiger charge is -2.22. The molecule has 0 radical (unpaired) electrons. The third-order valence-electron chi connectivity index (χ3n) is 12.6. The summed E-state index contributed by atoms with van der Waals surface area (Å²) >= 11 is 0. The molecule has 0 fully saturated rings. The highest BCUT2D eigenvalue weighted by Crippen LogP contribution is 2.17. The third kappa shape index (κ3) is 46.1. The van der Waals surface area contributed by atoms with E-state index in [0.717, 1.165) is 57.8 Å². The van der Waals surface area contributed by atoms with Gasteiger partial charge in [0.05, 0.1) is 25.4 Å². The largest absolute Gasteiger partial charge is 0.466 e. The maximum absolute atomic E-state index is 12.5. The lowest BCUT2D eigenvalue weighted by Crippen LogP contribution is -2.45. The zero-order valence-electron chi connectivity index (χ0n) is 40.5. The van der Waals surface area contributed by atoms with Crippen LogP contribution in [0.4, 0.5) is 0 Å². The molecule has 2 unspecified atom stereocenters. The SMILES string of the molecule is CCCCCC/C=C\CCCCCCCC(=O)OCCCCCCCCCCCCCCC(=O)NC(CO)C(O)CCCCCCCCCCCCCCCCCCCC. The molecule has 6 nitrogen and oxygen atoms in total. The van der Waals surface area contributed by atoms with E-state index >= 15 is 0 Å². The van der Waals surface area contributed by atoms with Crippen molar-refractivity contribution < 1.29 is 24.5 Å². The van der Waals surface area contributed by atoms with E-state index in [-0.39, 0.29) is 18.5 Å². The van der Waals surface area contributed by atoms with Crippen molar-refractivity contribution in [3.05, 3.63) is 12.2 Å². The molecule has 356 valence electrons. The molecule has 0 spiro atoms. The Hall–Kier alpha value is -1.40. The van der Waals surface area contributed by atoms with Gasteiger partial charge in [0.2, 0.25) is 5.91 Å². The number of amides is 1. The smallest absolute Gasteiger partial charge is 0.305 e. The van der Waals surface area contributed by atoms with Crippen LogP contribution in [0, 0.1) is 0 Å². The number of unbranched alkanes of at least 4 members (excludes halogenated alkanes) is 37. The fourth-order valence-corrected chi connectivity index (χ4v) is 8.40. The Kier molecular flexibility index (Phi) is 49.1. The van der Waals surface area contributed by atoms with Gasteiger partial charge >= 0.3 is 5.97 Å². The summed E-state index contributed by atoms with van der Waals surface area (Å²) in [6.07, 6.45) is 57.5. The summed E-state index contributed by atoms with van der Waals surface area (Å²) in [5.74, 6) is -0.0665. The summed E-state index contributed by atoms with van der Waals surface area (Å²) in [6, 6.07) is -0.553. The van der Waals surface area contributed by atoms with E-state index in [1.807, 2.05) is 0 Å². The zero-order chi connectivity index (χ0) is 43.7. The topological polar surface area (TPSA) is 95.9 Å². The summed E-state index contributed by atoms with van der Waals surface area (Å²) in [5, 5.41) is 23.3. The Morgan fingerprint density at radius 1 is 0.450 bits per heavy atom. The molecular formula is C54H105NO5. The van der Waals surface area contributed by atoms with Crippen molar-refractivity contribution in [3.63, 3.8) is 0 Å². The van der Waals surface area contributed by atoms with E-state index < -0.39 is 12.1 Å². The molecule has 0 bridgehead atoms. The molecule has 0 aromatic heterocycles. The number of nitrogens with one attached hydrogen (secondary N) is 1. The van der Waals surface area contributed by atoms with Gasteiger partial charge in [-0.2, -0.15) is 0 Å². The highest BCUT2D eigenvalue weighted by atomic mass is 16.5. The highest BCUT2D eigenvalue weighted by molar-refractivity contribution is 5.76. The minimum absolute atomic E-state index is 0.0178. The second-order valence-corrected chi connectivity index (χ2v) is 18.6. The van der Waals surface area contributed by atoms with Crippen LogP contribution < -0.4 is 5.32 Å². The number of ether oxygens (including phenoxy) is 1. The van der Waals surface area contributed by atoms with Gasteiger partial charge in [0.15, 0.2) is 0 Å². The monoisotopic (exact) mass is 848 g/mol. The van der Waals surface area contributed by atoms with Crippen molar-refractivity contribution in [1.29, 1.82) is 0 Å². The van der Waals surface area contributed by atoms with Crippen molar-refractivity contribution in [2.24, 2.45) is 0 Å². The molecule has 0 aromatic carbocycles.